The first-order valence-electron chi connectivity index (χ1n) is 6.15. The van der Waals surface area contributed by atoms with Crippen molar-refractivity contribution in [2.75, 3.05) is 11.9 Å². The van der Waals surface area contributed by atoms with Crippen LogP contribution in [0.25, 0.3) is 0 Å². The van der Waals surface area contributed by atoms with Crippen LogP contribution < -0.4 is 10.6 Å². The summed E-state index contributed by atoms with van der Waals surface area (Å²) >= 11 is 0. The Balaban J connectivity index is 2.41. The van der Waals surface area contributed by atoms with Crippen molar-refractivity contribution in [2.24, 2.45) is 5.92 Å². The highest BCUT2D eigenvalue weighted by molar-refractivity contribution is 6.01. The molecule has 1 heterocycles. The third-order valence-corrected chi connectivity index (χ3v) is 3.34. The topological polar surface area (TPSA) is 41.1 Å². The molecule has 0 spiro atoms. The minimum Gasteiger partial charge on any atom is -0.382 e. The molecule has 1 atom stereocenters. The summed E-state index contributed by atoms with van der Waals surface area (Å²) in [5.74, 6) is 0.470. The summed E-state index contributed by atoms with van der Waals surface area (Å²) in [5.41, 5.74) is 4.02. The summed E-state index contributed by atoms with van der Waals surface area (Å²) in [6, 6.07) is 4.25. The van der Waals surface area contributed by atoms with Crippen molar-refractivity contribution in [3.63, 3.8) is 0 Å². The highest BCUT2D eigenvalue weighted by Gasteiger charge is 2.24. The normalized spacial score (nSPS) is 19.4. The second-order valence-corrected chi connectivity index (χ2v) is 5.21. The largest absolute Gasteiger partial charge is 0.382 e. The Bertz CT molecular complexity index is 452. The van der Waals surface area contributed by atoms with Crippen molar-refractivity contribution in [3.8, 4) is 0 Å². The van der Waals surface area contributed by atoms with Crippen LogP contribution in [0.15, 0.2) is 12.1 Å². The van der Waals surface area contributed by atoms with Crippen molar-refractivity contribution < 1.29 is 4.79 Å². The van der Waals surface area contributed by atoms with E-state index in [2.05, 4.69) is 30.5 Å². The lowest BCUT2D eigenvalue weighted by atomic mass is 10.0. The van der Waals surface area contributed by atoms with Crippen molar-refractivity contribution >= 4 is 11.6 Å². The lowest BCUT2D eigenvalue weighted by Crippen LogP contribution is -2.40. The molecule has 1 amide bonds. The fourth-order valence-electron chi connectivity index (χ4n) is 2.29. The SMILES string of the molecule is Cc1cc(C)c2c(c1)C(=O)NC(C(C)C)CN2. The Morgan fingerprint density at radius 1 is 1.29 bits per heavy atom. The van der Waals surface area contributed by atoms with Crippen LogP contribution in [0.4, 0.5) is 5.69 Å². The lowest BCUT2D eigenvalue weighted by molar-refractivity contribution is 0.0933. The second-order valence-electron chi connectivity index (χ2n) is 5.21. The Morgan fingerprint density at radius 3 is 2.65 bits per heavy atom. The molecule has 0 aliphatic carbocycles. The van der Waals surface area contributed by atoms with Crippen LogP contribution >= 0.6 is 0 Å². The van der Waals surface area contributed by atoms with Crippen LogP contribution in [-0.2, 0) is 0 Å². The molecule has 3 heteroatoms. The van der Waals surface area contributed by atoms with E-state index in [4.69, 9.17) is 0 Å². The van der Waals surface area contributed by atoms with E-state index in [0.717, 1.165) is 28.9 Å². The molecule has 92 valence electrons. The Morgan fingerprint density at radius 2 is 2.00 bits per heavy atom. The van der Waals surface area contributed by atoms with Crippen LogP contribution in [0.5, 0.6) is 0 Å². The number of benzene rings is 1. The van der Waals surface area contributed by atoms with Gasteiger partial charge in [-0.15, -0.1) is 0 Å². The fourth-order valence-corrected chi connectivity index (χ4v) is 2.29. The molecule has 1 unspecified atom stereocenters. The average Bonchev–Trinajstić information content (AvgIpc) is 2.39. The zero-order valence-corrected chi connectivity index (χ0v) is 10.9. The van der Waals surface area contributed by atoms with E-state index in [1.165, 1.54) is 0 Å². The van der Waals surface area contributed by atoms with Crippen LogP contribution in [-0.4, -0.2) is 18.5 Å². The van der Waals surface area contributed by atoms with Crippen molar-refractivity contribution in [1.29, 1.82) is 0 Å². The van der Waals surface area contributed by atoms with Gasteiger partial charge in [-0.25, -0.2) is 0 Å². The fraction of sp³-hybridized carbons (Fsp3) is 0.500. The molecule has 0 saturated heterocycles. The number of fused-ring (bicyclic) bond motifs is 1. The van der Waals surface area contributed by atoms with E-state index >= 15 is 0 Å². The van der Waals surface area contributed by atoms with Gasteiger partial charge in [0.2, 0.25) is 0 Å². The molecular formula is C14H20N2O. The van der Waals surface area contributed by atoms with E-state index in [9.17, 15) is 4.79 Å². The molecule has 1 aromatic rings. The molecule has 2 N–H and O–H groups in total. The van der Waals surface area contributed by atoms with E-state index < -0.39 is 0 Å². The van der Waals surface area contributed by atoms with Gasteiger partial charge >= 0.3 is 0 Å². The average molecular weight is 232 g/mol. The maximum atomic E-state index is 12.2. The van der Waals surface area contributed by atoms with Gasteiger partial charge in [0, 0.05) is 18.3 Å². The van der Waals surface area contributed by atoms with Crippen molar-refractivity contribution in [1.82, 2.24) is 5.32 Å². The monoisotopic (exact) mass is 232 g/mol. The summed E-state index contributed by atoms with van der Waals surface area (Å²) in [4.78, 5) is 12.2. The van der Waals surface area contributed by atoms with Crippen molar-refractivity contribution in [2.45, 2.75) is 33.7 Å². The maximum Gasteiger partial charge on any atom is 0.253 e. The first kappa shape index (κ1) is 12.0. The number of hydrogen-bond donors (Lipinski definition) is 2. The predicted octanol–water partition coefficient (Wildman–Crippen LogP) is 2.48. The number of anilines is 1. The second kappa shape index (κ2) is 4.40. The molecule has 0 fully saturated rings. The number of nitrogens with one attached hydrogen (secondary N) is 2. The lowest BCUT2D eigenvalue weighted by Gasteiger charge is -2.19. The third kappa shape index (κ3) is 2.28. The standard InChI is InChI=1S/C14H20N2O/c1-8(2)12-7-15-13-10(4)5-9(3)6-11(13)14(17)16-12/h5-6,8,12,15H,7H2,1-4H3,(H,16,17). The molecule has 0 radical (unpaired) electrons. The third-order valence-electron chi connectivity index (χ3n) is 3.34. The number of carbonyl (C=O) groups is 1. The Labute approximate surface area is 103 Å². The highest BCUT2D eigenvalue weighted by Crippen LogP contribution is 2.25. The zero-order chi connectivity index (χ0) is 12.6. The summed E-state index contributed by atoms with van der Waals surface area (Å²) in [6.07, 6.45) is 0. The smallest absolute Gasteiger partial charge is 0.253 e. The number of amides is 1. The molecule has 3 nitrogen and oxygen atoms in total. The summed E-state index contributed by atoms with van der Waals surface area (Å²) < 4.78 is 0. The Kier molecular flexibility index (Phi) is 3.09. The molecule has 1 aromatic carbocycles. The van der Waals surface area contributed by atoms with Gasteiger partial charge < -0.3 is 10.6 Å². The highest BCUT2D eigenvalue weighted by atomic mass is 16.1. The number of aryl methyl sites for hydroxylation is 2. The van der Waals surface area contributed by atoms with E-state index in [0.29, 0.717) is 5.92 Å². The number of carbonyl (C=O) groups excluding carboxylic acids is 1. The summed E-state index contributed by atoms with van der Waals surface area (Å²) in [5, 5.41) is 6.49. The zero-order valence-electron chi connectivity index (χ0n) is 10.9. The molecule has 1 aliphatic heterocycles. The predicted molar refractivity (Wildman–Crippen MR) is 70.5 cm³/mol. The van der Waals surface area contributed by atoms with Gasteiger partial charge in [0.25, 0.3) is 5.91 Å². The van der Waals surface area contributed by atoms with Gasteiger partial charge in [-0.3, -0.25) is 4.79 Å². The van der Waals surface area contributed by atoms with Crippen LogP contribution in [0.2, 0.25) is 0 Å². The van der Waals surface area contributed by atoms with Gasteiger partial charge in [-0.2, -0.15) is 0 Å². The van der Waals surface area contributed by atoms with Gasteiger partial charge in [-0.05, 0) is 37.0 Å². The molecule has 0 bridgehead atoms. The van der Waals surface area contributed by atoms with Crippen LogP contribution in [0.3, 0.4) is 0 Å². The maximum absolute atomic E-state index is 12.2. The van der Waals surface area contributed by atoms with Crippen LogP contribution in [0.1, 0.15) is 35.3 Å². The van der Waals surface area contributed by atoms with Crippen molar-refractivity contribution in [3.05, 3.63) is 28.8 Å². The molecule has 17 heavy (non-hydrogen) atoms. The molecule has 0 aromatic heterocycles. The molecule has 0 saturated carbocycles. The molecule has 2 rings (SSSR count). The van der Waals surface area contributed by atoms with E-state index in [1.807, 2.05) is 19.9 Å². The number of hydrogen-bond acceptors (Lipinski definition) is 2. The minimum atomic E-state index is 0.0375. The van der Waals surface area contributed by atoms with Gasteiger partial charge in [0.1, 0.15) is 0 Å². The van der Waals surface area contributed by atoms with E-state index in [1.54, 1.807) is 0 Å². The van der Waals surface area contributed by atoms with Gasteiger partial charge in [-0.1, -0.05) is 19.9 Å². The molecular weight excluding hydrogens is 212 g/mol. The Hall–Kier alpha value is -1.51. The summed E-state index contributed by atoms with van der Waals surface area (Å²) in [6.45, 7) is 9.11. The first-order chi connectivity index (χ1) is 7.99. The quantitative estimate of drug-likeness (QED) is 0.781. The minimum absolute atomic E-state index is 0.0375. The first-order valence-corrected chi connectivity index (χ1v) is 6.15. The number of rotatable bonds is 1. The molecule has 1 aliphatic rings. The van der Waals surface area contributed by atoms with Gasteiger partial charge in [0.15, 0.2) is 0 Å². The summed E-state index contributed by atoms with van der Waals surface area (Å²) in [7, 11) is 0. The van der Waals surface area contributed by atoms with Crippen LogP contribution in [0, 0.1) is 19.8 Å². The van der Waals surface area contributed by atoms with Gasteiger partial charge in [0.05, 0.1) is 5.56 Å². The van der Waals surface area contributed by atoms with E-state index in [-0.39, 0.29) is 11.9 Å².